The molecule has 3 aromatic carbocycles. The van der Waals surface area contributed by atoms with Gasteiger partial charge in [-0.3, -0.25) is 9.52 Å². The van der Waals surface area contributed by atoms with Crippen LogP contribution in [0.15, 0.2) is 70.0 Å². The third-order valence-electron chi connectivity index (χ3n) is 4.42. The Morgan fingerprint density at radius 1 is 0.903 bits per heavy atom. The van der Waals surface area contributed by atoms with E-state index in [2.05, 4.69) is 26.0 Å². The Balaban J connectivity index is 1.61. The van der Waals surface area contributed by atoms with Crippen LogP contribution in [-0.4, -0.2) is 20.9 Å². The number of amides is 1. The first-order valence-electron chi connectivity index (χ1n) is 9.52. The highest BCUT2D eigenvalue weighted by Crippen LogP contribution is 2.22. The Labute approximate surface area is 190 Å². The van der Waals surface area contributed by atoms with E-state index in [1.165, 1.54) is 24.3 Å². The summed E-state index contributed by atoms with van der Waals surface area (Å²) in [6.45, 7) is 5.59. The van der Waals surface area contributed by atoms with Crippen LogP contribution < -0.4 is 14.8 Å². The highest BCUT2D eigenvalue weighted by atomic mass is 79.9. The maximum absolute atomic E-state index is 12.6. The number of hydrogen-bond donors (Lipinski definition) is 2. The van der Waals surface area contributed by atoms with E-state index in [0.717, 1.165) is 21.2 Å². The van der Waals surface area contributed by atoms with Crippen LogP contribution in [-0.2, 0) is 14.8 Å². The minimum Gasteiger partial charge on any atom is -0.484 e. The van der Waals surface area contributed by atoms with Crippen molar-refractivity contribution in [2.45, 2.75) is 25.7 Å². The van der Waals surface area contributed by atoms with Gasteiger partial charge in [-0.2, -0.15) is 0 Å². The zero-order chi connectivity index (χ0) is 22.6. The van der Waals surface area contributed by atoms with E-state index in [4.69, 9.17) is 4.74 Å². The van der Waals surface area contributed by atoms with Crippen molar-refractivity contribution in [2.24, 2.45) is 0 Å². The minimum atomic E-state index is -3.74. The Kier molecular flexibility index (Phi) is 7.02. The molecule has 0 atom stereocenters. The van der Waals surface area contributed by atoms with Gasteiger partial charge < -0.3 is 10.1 Å². The largest absolute Gasteiger partial charge is 0.484 e. The Morgan fingerprint density at radius 2 is 1.55 bits per heavy atom. The maximum Gasteiger partial charge on any atom is 0.262 e. The lowest BCUT2D eigenvalue weighted by Gasteiger charge is -2.11. The summed E-state index contributed by atoms with van der Waals surface area (Å²) in [5.74, 6) is 0.249. The smallest absolute Gasteiger partial charge is 0.262 e. The molecule has 8 heteroatoms. The van der Waals surface area contributed by atoms with Crippen molar-refractivity contribution in [3.8, 4) is 5.75 Å². The second-order valence-electron chi connectivity index (χ2n) is 7.25. The van der Waals surface area contributed by atoms with Gasteiger partial charge in [0.05, 0.1) is 4.90 Å². The molecule has 0 radical (unpaired) electrons. The summed E-state index contributed by atoms with van der Waals surface area (Å²) in [6, 6.07) is 16.9. The van der Waals surface area contributed by atoms with Crippen LogP contribution >= 0.6 is 15.9 Å². The third-order valence-corrected chi connectivity index (χ3v) is 6.71. The van der Waals surface area contributed by atoms with Gasteiger partial charge in [0.15, 0.2) is 6.61 Å². The Hall–Kier alpha value is -2.84. The second-order valence-corrected chi connectivity index (χ2v) is 9.79. The van der Waals surface area contributed by atoms with Gasteiger partial charge in [-0.15, -0.1) is 0 Å². The van der Waals surface area contributed by atoms with Gasteiger partial charge in [-0.05, 0) is 92.1 Å². The summed E-state index contributed by atoms with van der Waals surface area (Å²) in [6.07, 6.45) is 0. The van der Waals surface area contributed by atoms with Crippen LogP contribution in [0.4, 0.5) is 11.4 Å². The molecule has 0 heterocycles. The molecule has 0 saturated heterocycles. The molecule has 0 unspecified atom stereocenters. The van der Waals surface area contributed by atoms with E-state index in [0.29, 0.717) is 17.1 Å². The van der Waals surface area contributed by atoms with Crippen molar-refractivity contribution in [3.63, 3.8) is 0 Å². The van der Waals surface area contributed by atoms with Crippen molar-refractivity contribution in [3.05, 3.63) is 81.8 Å². The molecule has 6 nitrogen and oxygen atoms in total. The molecule has 1 amide bonds. The van der Waals surface area contributed by atoms with Gasteiger partial charge in [0.25, 0.3) is 15.9 Å². The van der Waals surface area contributed by atoms with Gasteiger partial charge in [-0.1, -0.05) is 22.0 Å². The monoisotopic (exact) mass is 502 g/mol. The normalized spacial score (nSPS) is 11.1. The summed E-state index contributed by atoms with van der Waals surface area (Å²) < 4.78 is 34.3. The average Bonchev–Trinajstić information content (AvgIpc) is 2.68. The number of carbonyl (C=O) groups excluding carboxylic acids is 1. The summed E-state index contributed by atoms with van der Waals surface area (Å²) in [5, 5.41) is 2.69. The van der Waals surface area contributed by atoms with Crippen LogP contribution in [0.3, 0.4) is 0 Å². The zero-order valence-electron chi connectivity index (χ0n) is 17.4. The molecule has 2 N–H and O–H groups in total. The molecular weight excluding hydrogens is 480 g/mol. The molecule has 0 aliphatic carbocycles. The van der Waals surface area contributed by atoms with Gasteiger partial charge in [0.1, 0.15) is 5.75 Å². The van der Waals surface area contributed by atoms with Crippen LogP contribution in [0.1, 0.15) is 16.7 Å². The summed E-state index contributed by atoms with van der Waals surface area (Å²) in [7, 11) is -3.74. The molecule has 0 saturated carbocycles. The summed E-state index contributed by atoms with van der Waals surface area (Å²) in [4.78, 5) is 12.3. The first-order valence-corrected chi connectivity index (χ1v) is 11.8. The fourth-order valence-electron chi connectivity index (χ4n) is 3.02. The van der Waals surface area contributed by atoms with E-state index in [1.54, 1.807) is 18.2 Å². The molecule has 31 heavy (non-hydrogen) atoms. The number of aryl methyl sites for hydroxylation is 3. The maximum atomic E-state index is 12.6. The first kappa shape index (κ1) is 22.8. The summed E-state index contributed by atoms with van der Waals surface area (Å²) in [5.41, 5.74) is 3.93. The predicted octanol–water partition coefficient (Wildman–Crippen LogP) is 5.19. The molecule has 3 aromatic rings. The lowest BCUT2D eigenvalue weighted by molar-refractivity contribution is -0.118. The summed E-state index contributed by atoms with van der Waals surface area (Å²) >= 11 is 3.42. The molecule has 3 rings (SSSR count). The average molecular weight is 503 g/mol. The van der Waals surface area contributed by atoms with Gasteiger partial charge in [-0.25, -0.2) is 8.42 Å². The molecule has 162 valence electrons. The van der Waals surface area contributed by atoms with Gasteiger partial charge >= 0.3 is 0 Å². The number of halogens is 1. The zero-order valence-corrected chi connectivity index (χ0v) is 19.8. The third kappa shape index (κ3) is 6.32. The lowest BCUT2D eigenvalue weighted by Crippen LogP contribution is -2.20. The Bertz CT molecular complexity index is 1190. The van der Waals surface area contributed by atoms with Crippen LogP contribution in [0.5, 0.6) is 5.75 Å². The number of carbonyl (C=O) groups is 1. The molecule has 0 aromatic heterocycles. The standard InChI is InChI=1S/C23H23BrN2O4S/c1-15-10-16(2)12-19(11-15)26-31(28,29)21-7-4-18(5-8-21)25-23(27)14-30-20-6-9-22(24)17(3)13-20/h4-13,26H,14H2,1-3H3,(H,25,27). The number of benzene rings is 3. The highest BCUT2D eigenvalue weighted by molar-refractivity contribution is 9.10. The number of sulfonamides is 1. The molecular formula is C23H23BrN2O4S. The second kappa shape index (κ2) is 9.53. The van der Waals surface area contributed by atoms with E-state index >= 15 is 0 Å². The number of nitrogens with one attached hydrogen (secondary N) is 2. The fourth-order valence-corrected chi connectivity index (χ4v) is 4.31. The molecule has 0 aliphatic heterocycles. The van der Waals surface area contributed by atoms with E-state index in [-0.39, 0.29) is 17.4 Å². The quantitative estimate of drug-likeness (QED) is 0.465. The van der Waals surface area contributed by atoms with Crippen molar-refractivity contribution in [1.82, 2.24) is 0 Å². The van der Waals surface area contributed by atoms with Gasteiger partial charge in [0.2, 0.25) is 0 Å². The number of hydrogen-bond acceptors (Lipinski definition) is 4. The molecule has 0 spiro atoms. The van der Waals surface area contributed by atoms with Crippen LogP contribution in [0.2, 0.25) is 0 Å². The molecule has 0 fully saturated rings. The van der Waals surface area contributed by atoms with Crippen LogP contribution in [0.25, 0.3) is 0 Å². The predicted molar refractivity (Wildman–Crippen MR) is 126 cm³/mol. The number of anilines is 2. The van der Waals surface area contributed by atoms with Crippen molar-refractivity contribution >= 4 is 43.2 Å². The topological polar surface area (TPSA) is 84.5 Å². The SMILES string of the molecule is Cc1cc(C)cc(NS(=O)(=O)c2ccc(NC(=O)COc3ccc(Br)c(C)c3)cc2)c1. The minimum absolute atomic E-state index is 0.103. The lowest BCUT2D eigenvalue weighted by atomic mass is 10.1. The van der Waals surface area contributed by atoms with E-state index in [1.807, 2.05) is 39.0 Å². The van der Waals surface area contributed by atoms with Gasteiger partial charge in [0, 0.05) is 15.8 Å². The van der Waals surface area contributed by atoms with E-state index in [9.17, 15) is 13.2 Å². The van der Waals surface area contributed by atoms with E-state index < -0.39 is 10.0 Å². The Morgan fingerprint density at radius 3 is 2.16 bits per heavy atom. The molecule has 0 bridgehead atoms. The number of rotatable bonds is 7. The van der Waals surface area contributed by atoms with Crippen molar-refractivity contribution in [2.75, 3.05) is 16.6 Å². The first-order chi connectivity index (χ1) is 14.6. The molecule has 0 aliphatic rings. The van der Waals surface area contributed by atoms with Crippen LogP contribution in [0, 0.1) is 20.8 Å². The highest BCUT2D eigenvalue weighted by Gasteiger charge is 2.15. The van der Waals surface area contributed by atoms with Crippen molar-refractivity contribution in [1.29, 1.82) is 0 Å². The number of ether oxygens (including phenoxy) is 1. The van der Waals surface area contributed by atoms with Crippen molar-refractivity contribution < 1.29 is 17.9 Å². The fraction of sp³-hybridized carbons (Fsp3) is 0.174.